The van der Waals surface area contributed by atoms with Crippen molar-refractivity contribution in [1.29, 1.82) is 0 Å². The number of rotatable bonds is 14. The molecule has 0 aliphatic carbocycles. The van der Waals surface area contributed by atoms with E-state index in [0.29, 0.717) is 30.7 Å². The Balaban J connectivity index is -0.000000672. The summed E-state index contributed by atoms with van der Waals surface area (Å²) in [5, 5.41) is 22.1. The van der Waals surface area contributed by atoms with Gasteiger partial charge in [-0.25, -0.2) is 9.59 Å². The maximum atomic E-state index is 11.8. The van der Waals surface area contributed by atoms with Gasteiger partial charge in [-0.15, -0.1) is 5.06 Å². The zero-order valence-electron chi connectivity index (χ0n) is 32.8. The number of hydrogen-bond acceptors (Lipinski definition) is 9. The molecule has 50 heavy (non-hydrogen) atoms. The molecule has 1 heterocycles. The first-order valence-electron chi connectivity index (χ1n) is 17.2. The summed E-state index contributed by atoms with van der Waals surface area (Å²) >= 11 is 0. The summed E-state index contributed by atoms with van der Waals surface area (Å²) in [5.41, 5.74) is 6.24. The van der Waals surface area contributed by atoms with Crippen molar-refractivity contribution >= 4 is 23.8 Å². The number of carboxylic acid groups (broad SMARTS) is 1. The monoisotopic (exact) mass is 800 g/mol. The second-order valence-corrected chi connectivity index (χ2v) is 15.2. The van der Waals surface area contributed by atoms with Crippen LogP contribution in [0.15, 0.2) is 30.3 Å². The molecule has 0 bridgehead atoms. The van der Waals surface area contributed by atoms with Gasteiger partial charge in [-0.3, -0.25) is 9.59 Å². The van der Waals surface area contributed by atoms with Crippen LogP contribution in [0.5, 0.6) is 0 Å². The quantitative estimate of drug-likeness (QED) is 0.118. The minimum atomic E-state index is -0.807. The van der Waals surface area contributed by atoms with Gasteiger partial charge < -0.3 is 38.3 Å². The van der Waals surface area contributed by atoms with Gasteiger partial charge >= 0.3 is 18.0 Å². The third-order valence-corrected chi connectivity index (χ3v) is 7.89. The van der Waals surface area contributed by atoms with Crippen molar-refractivity contribution in [1.82, 2.24) is 10.4 Å². The van der Waals surface area contributed by atoms with Crippen LogP contribution in [0, 0.1) is 42.9 Å². The fourth-order valence-corrected chi connectivity index (χ4v) is 5.05. The molecule has 1 aliphatic heterocycles. The molecule has 1 fully saturated rings. The largest absolute Gasteiger partial charge is 0.481 e. The molecule has 0 unspecified atom stereocenters. The average Bonchev–Trinajstić information content (AvgIpc) is 3.21. The fourth-order valence-electron chi connectivity index (χ4n) is 5.05. The number of Topliss-reactive ketones (excluding diaryl/α,β-unsaturated/α-hetero) is 1. The van der Waals surface area contributed by atoms with E-state index < -0.39 is 36.1 Å². The Hall–Kier alpha value is -2.36. The Morgan fingerprint density at radius 3 is 1.88 bits per heavy atom. The molecule has 0 spiro atoms. The van der Waals surface area contributed by atoms with Crippen LogP contribution >= 0.6 is 0 Å². The zero-order chi connectivity index (χ0) is 37.4. The maximum absolute atomic E-state index is 11.8. The number of benzene rings is 1. The molecule has 0 aromatic heterocycles. The van der Waals surface area contributed by atoms with Gasteiger partial charge in [-0.1, -0.05) is 92.6 Å². The van der Waals surface area contributed by atoms with Crippen molar-refractivity contribution in [3.05, 3.63) is 43.3 Å². The van der Waals surface area contributed by atoms with E-state index in [-0.39, 0.29) is 63.6 Å². The third kappa shape index (κ3) is 21.8. The van der Waals surface area contributed by atoms with E-state index in [9.17, 15) is 19.2 Å². The molecule has 5 N–H and O–H groups in total. The molecule has 0 saturated carbocycles. The number of amides is 1. The van der Waals surface area contributed by atoms with Crippen LogP contribution in [0.25, 0.3) is 0 Å². The number of aliphatic hydroxyl groups is 1. The van der Waals surface area contributed by atoms with E-state index in [1.54, 1.807) is 34.6 Å². The van der Waals surface area contributed by atoms with Crippen molar-refractivity contribution in [3.63, 3.8) is 0 Å². The minimum Gasteiger partial charge on any atom is -0.481 e. The van der Waals surface area contributed by atoms with Crippen molar-refractivity contribution in [2.75, 3.05) is 6.61 Å². The van der Waals surface area contributed by atoms with Crippen LogP contribution in [0.4, 0.5) is 4.79 Å². The number of hydrogen-bond donors (Lipinski definition) is 4. The number of nitrogens with two attached hydrogens (primary N) is 1. The Kier molecular flexibility index (Phi) is 26.6. The van der Waals surface area contributed by atoms with E-state index in [2.05, 4.69) is 31.3 Å². The number of nitrogens with one attached hydrogen (secondary N) is 1. The van der Waals surface area contributed by atoms with Crippen molar-refractivity contribution in [3.8, 4) is 0 Å². The molecule has 1 saturated heterocycles. The molecule has 294 valence electrons. The van der Waals surface area contributed by atoms with Crippen LogP contribution in [0.3, 0.4) is 0 Å². The van der Waals surface area contributed by atoms with Gasteiger partial charge in [0, 0.05) is 38.4 Å². The molecule has 6 atom stereocenters. The van der Waals surface area contributed by atoms with E-state index >= 15 is 0 Å². The molecule has 1 aromatic carbocycles. The standard InChI is InChI=1S/C15H21NO2.C14H27NO4.C8H17NO2.CH3.Pd/c1-11(2)9-14-12(3)15(17)18-16(14)10-13-7-5-4-6-8-13;1-9(2)7-11(10(3)12(17)8-16)15-13(18)19-14(4,5)6;1-5(2)4-7(9)6(3)8(10)11;;/h4-8,11-12,14H,9-10H2,1-3H3;9-11,16H,7-8H2,1-6H3,(H,15,18);5-7H,4,9H2,1-3H3,(H,10,11);1H3;/q;;;-1;/t12-,14-;10-,11-;6-,7-;;/m111../s1. The van der Waals surface area contributed by atoms with Gasteiger partial charge in [-0.2, -0.15) is 0 Å². The van der Waals surface area contributed by atoms with Gasteiger partial charge in [0.2, 0.25) is 0 Å². The summed E-state index contributed by atoms with van der Waals surface area (Å²) in [6.07, 6.45) is 1.88. The number of ketones is 1. The maximum Gasteiger partial charge on any atom is 0.407 e. The number of alkyl carbamates (subject to hydrolysis) is 1. The molecule has 12 heteroatoms. The second-order valence-electron chi connectivity index (χ2n) is 15.2. The van der Waals surface area contributed by atoms with Crippen LogP contribution in [0.2, 0.25) is 0 Å². The summed E-state index contributed by atoms with van der Waals surface area (Å²) in [6.45, 7) is 23.3. The first kappa shape index (κ1) is 52.0. The molecule has 1 aromatic rings. The van der Waals surface area contributed by atoms with E-state index in [1.807, 2.05) is 57.9 Å². The van der Waals surface area contributed by atoms with Crippen molar-refractivity contribution in [2.45, 2.75) is 133 Å². The molecular formula is C38H68N3O8Pd-. The summed E-state index contributed by atoms with van der Waals surface area (Å²) in [7, 11) is 0. The van der Waals surface area contributed by atoms with Gasteiger partial charge in [0.1, 0.15) is 12.2 Å². The average molecular weight is 801 g/mol. The number of hydroxylamine groups is 2. The smallest absolute Gasteiger partial charge is 0.407 e. The molecule has 1 aliphatic rings. The third-order valence-electron chi connectivity index (χ3n) is 7.89. The first-order chi connectivity index (χ1) is 22.1. The number of aliphatic hydroxyl groups excluding tert-OH is 1. The SMILES string of the molecule is CC(C)C[C@@H](N)[C@@H](C)C(=O)O.CC(C)C[C@@H](NC(=O)OC(C)(C)C)[C@@H](C)C(=O)CO.CC(C)C[C@@H]1[C@@H](C)C(=O)ON1Cc1ccccc1.[CH3-].[Pd]. The predicted molar refractivity (Wildman–Crippen MR) is 195 cm³/mol. The van der Waals surface area contributed by atoms with Crippen molar-refractivity contribution < 1.29 is 59.4 Å². The van der Waals surface area contributed by atoms with Gasteiger partial charge in [0.05, 0.1) is 24.4 Å². The summed E-state index contributed by atoms with van der Waals surface area (Å²) in [4.78, 5) is 50.8. The summed E-state index contributed by atoms with van der Waals surface area (Å²) < 4.78 is 5.19. The number of carbonyl (C=O) groups is 4. The summed E-state index contributed by atoms with van der Waals surface area (Å²) in [6, 6.07) is 9.78. The molecule has 0 radical (unpaired) electrons. The predicted octanol–water partition coefficient (Wildman–Crippen LogP) is 6.66. The number of ether oxygens (including phenoxy) is 1. The molecule has 2 rings (SSSR count). The van der Waals surface area contributed by atoms with Crippen LogP contribution in [-0.2, 0) is 50.9 Å². The van der Waals surface area contributed by atoms with E-state index in [1.165, 1.54) is 5.56 Å². The van der Waals surface area contributed by atoms with Crippen molar-refractivity contribution in [2.24, 2.45) is 41.2 Å². The zero-order valence-corrected chi connectivity index (χ0v) is 34.4. The molecule has 1 amide bonds. The van der Waals surface area contributed by atoms with Crippen LogP contribution in [-0.4, -0.2) is 69.4 Å². The van der Waals surface area contributed by atoms with Gasteiger partial charge in [0.15, 0.2) is 5.78 Å². The number of carboxylic acids is 1. The Morgan fingerprint density at radius 1 is 0.940 bits per heavy atom. The Labute approximate surface area is 316 Å². The molecular weight excluding hydrogens is 733 g/mol. The van der Waals surface area contributed by atoms with Crippen LogP contribution < -0.4 is 11.1 Å². The van der Waals surface area contributed by atoms with E-state index in [4.69, 9.17) is 25.5 Å². The fraction of sp³-hybridized carbons (Fsp3) is 0.711. The number of aliphatic carboxylic acids is 1. The first-order valence-corrected chi connectivity index (χ1v) is 17.2. The molecule has 11 nitrogen and oxygen atoms in total. The van der Waals surface area contributed by atoms with Gasteiger partial charge in [0.25, 0.3) is 0 Å². The number of nitrogens with zero attached hydrogens (tertiary/aromatic N) is 1. The number of carbonyl (C=O) groups excluding carboxylic acids is 3. The summed E-state index contributed by atoms with van der Waals surface area (Å²) in [5.74, 6) is -0.726. The Morgan fingerprint density at radius 2 is 1.46 bits per heavy atom. The Bertz CT molecular complexity index is 1110. The van der Waals surface area contributed by atoms with Gasteiger partial charge in [-0.05, 0) is 63.4 Å². The second kappa shape index (κ2) is 25.6. The van der Waals surface area contributed by atoms with E-state index in [0.717, 1.165) is 12.8 Å². The van der Waals surface area contributed by atoms with Crippen LogP contribution in [0.1, 0.15) is 108 Å². The topological polar surface area (TPSA) is 168 Å². The normalized spacial score (nSPS) is 18.1. The minimum absolute atomic E-state index is 0.